The number of halogens is 4. The molecule has 1 aromatic carbocycles. The van der Waals surface area contributed by atoms with Gasteiger partial charge in [0.25, 0.3) is 0 Å². The summed E-state index contributed by atoms with van der Waals surface area (Å²) in [5, 5.41) is 0. The van der Waals surface area contributed by atoms with Gasteiger partial charge in [-0.1, -0.05) is 6.92 Å². The van der Waals surface area contributed by atoms with Crippen molar-refractivity contribution >= 4 is 0 Å². The van der Waals surface area contributed by atoms with Crippen LogP contribution in [0.1, 0.15) is 18.9 Å². The van der Waals surface area contributed by atoms with Gasteiger partial charge < -0.3 is 4.74 Å². The van der Waals surface area contributed by atoms with Gasteiger partial charge in [-0.05, 0) is 24.6 Å². The third-order valence-electron chi connectivity index (χ3n) is 1.72. The smallest absolute Gasteiger partial charge is 0.416 e. The van der Waals surface area contributed by atoms with Crippen LogP contribution < -0.4 is 4.74 Å². The van der Waals surface area contributed by atoms with Gasteiger partial charge in [0, 0.05) is 0 Å². The fourth-order valence-corrected chi connectivity index (χ4v) is 1.00. The van der Waals surface area contributed by atoms with Gasteiger partial charge in [-0.15, -0.1) is 0 Å². The van der Waals surface area contributed by atoms with E-state index in [1.165, 1.54) is 0 Å². The Morgan fingerprint density at radius 3 is 2.47 bits per heavy atom. The lowest BCUT2D eigenvalue weighted by Gasteiger charge is -2.10. The Labute approximate surface area is 84.7 Å². The maximum atomic E-state index is 13.0. The molecule has 1 aromatic rings. The highest BCUT2D eigenvalue weighted by Gasteiger charge is 2.31. The van der Waals surface area contributed by atoms with Crippen molar-refractivity contribution in [3.8, 4) is 5.75 Å². The molecule has 0 spiro atoms. The molecule has 0 unspecified atom stereocenters. The summed E-state index contributed by atoms with van der Waals surface area (Å²) in [6.07, 6.45) is -3.87. The second-order valence-electron chi connectivity index (χ2n) is 2.99. The Hall–Kier alpha value is -1.26. The highest BCUT2D eigenvalue weighted by molar-refractivity contribution is 5.31. The predicted octanol–water partition coefficient (Wildman–Crippen LogP) is 3.63. The van der Waals surface area contributed by atoms with E-state index in [1.807, 2.05) is 0 Å². The van der Waals surface area contributed by atoms with E-state index in [0.29, 0.717) is 18.6 Å². The van der Waals surface area contributed by atoms with Crippen molar-refractivity contribution in [1.29, 1.82) is 0 Å². The summed E-state index contributed by atoms with van der Waals surface area (Å²) in [5.41, 5.74) is -0.907. The third kappa shape index (κ3) is 3.11. The van der Waals surface area contributed by atoms with Gasteiger partial charge in [0.2, 0.25) is 0 Å². The van der Waals surface area contributed by atoms with Crippen molar-refractivity contribution in [2.75, 3.05) is 6.61 Å². The Morgan fingerprint density at radius 1 is 1.27 bits per heavy atom. The van der Waals surface area contributed by atoms with Crippen LogP contribution in [0.4, 0.5) is 17.6 Å². The van der Waals surface area contributed by atoms with Gasteiger partial charge >= 0.3 is 6.18 Å². The molecule has 0 bridgehead atoms. The minimum absolute atomic E-state index is 0.193. The van der Waals surface area contributed by atoms with Gasteiger partial charge in [0.1, 0.15) is 0 Å². The molecule has 0 saturated carbocycles. The summed E-state index contributed by atoms with van der Waals surface area (Å²) in [6.45, 7) is 1.98. The predicted molar refractivity (Wildman–Crippen MR) is 47.2 cm³/mol. The van der Waals surface area contributed by atoms with Crippen LogP contribution in [0.3, 0.4) is 0 Å². The Kier molecular flexibility index (Phi) is 3.55. The van der Waals surface area contributed by atoms with E-state index in [2.05, 4.69) is 0 Å². The van der Waals surface area contributed by atoms with Crippen molar-refractivity contribution in [3.63, 3.8) is 0 Å². The quantitative estimate of drug-likeness (QED) is 0.709. The molecule has 0 amide bonds. The molecule has 84 valence electrons. The first-order chi connectivity index (χ1) is 6.95. The average Bonchev–Trinajstić information content (AvgIpc) is 2.15. The maximum absolute atomic E-state index is 13.0. The van der Waals surface area contributed by atoms with Crippen LogP contribution in [0.25, 0.3) is 0 Å². The lowest BCUT2D eigenvalue weighted by molar-refractivity contribution is -0.137. The molecule has 0 aliphatic rings. The van der Waals surface area contributed by atoms with Gasteiger partial charge in [0.15, 0.2) is 11.6 Å². The largest absolute Gasteiger partial charge is 0.491 e. The van der Waals surface area contributed by atoms with Crippen molar-refractivity contribution in [3.05, 3.63) is 29.6 Å². The Morgan fingerprint density at radius 2 is 1.93 bits per heavy atom. The topological polar surface area (TPSA) is 9.23 Å². The number of rotatable bonds is 3. The number of alkyl halides is 3. The maximum Gasteiger partial charge on any atom is 0.416 e. The van der Waals surface area contributed by atoms with Crippen LogP contribution in [-0.4, -0.2) is 6.61 Å². The second kappa shape index (κ2) is 4.51. The van der Waals surface area contributed by atoms with Crippen molar-refractivity contribution in [1.82, 2.24) is 0 Å². The van der Waals surface area contributed by atoms with E-state index in [0.717, 1.165) is 6.07 Å². The van der Waals surface area contributed by atoms with E-state index in [9.17, 15) is 17.6 Å². The third-order valence-corrected chi connectivity index (χ3v) is 1.72. The van der Waals surface area contributed by atoms with E-state index >= 15 is 0 Å². The Bertz CT molecular complexity index is 333. The first kappa shape index (κ1) is 11.8. The molecule has 0 heterocycles. The zero-order valence-corrected chi connectivity index (χ0v) is 8.07. The number of hydrogen-bond acceptors (Lipinski definition) is 1. The first-order valence-electron chi connectivity index (χ1n) is 4.44. The molecule has 15 heavy (non-hydrogen) atoms. The number of ether oxygens (including phenoxy) is 1. The molecule has 0 atom stereocenters. The number of hydrogen-bond donors (Lipinski definition) is 0. The minimum Gasteiger partial charge on any atom is -0.491 e. The molecule has 0 N–H and O–H groups in total. The van der Waals surface area contributed by atoms with Crippen molar-refractivity contribution in [2.24, 2.45) is 0 Å². The summed E-state index contributed by atoms with van der Waals surface area (Å²) in [6, 6.07) is 2.12. The normalized spacial score (nSPS) is 11.5. The molecule has 0 aliphatic heterocycles. The average molecular weight is 222 g/mol. The van der Waals surface area contributed by atoms with Crippen molar-refractivity contribution in [2.45, 2.75) is 19.5 Å². The first-order valence-corrected chi connectivity index (χ1v) is 4.44. The minimum atomic E-state index is -4.47. The second-order valence-corrected chi connectivity index (χ2v) is 2.99. The van der Waals surface area contributed by atoms with Gasteiger partial charge in [0.05, 0.1) is 12.2 Å². The molecular formula is C10H10F4O. The molecule has 0 saturated heterocycles. The molecule has 0 aliphatic carbocycles. The Balaban J connectivity index is 2.95. The summed E-state index contributed by atoms with van der Waals surface area (Å²) < 4.78 is 54.6. The van der Waals surface area contributed by atoms with Crippen LogP contribution in [0.5, 0.6) is 5.75 Å². The lowest BCUT2D eigenvalue weighted by atomic mass is 10.2. The molecule has 0 fully saturated rings. The van der Waals surface area contributed by atoms with Gasteiger partial charge in [-0.3, -0.25) is 0 Å². The standard InChI is InChI=1S/C10H10F4O/c1-2-5-15-9-6-7(10(12,13)14)3-4-8(9)11/h3-4,6H,2,5H2,1H3. The molecule has 0 radical (unpaired) electrons. The van der Waals surface area contributed by atoms with Gasteiger partial charge in [-0.2, -0.15) is 13.2 Å². The van der Waals surface area contributed by atoms with E-state index < -0.39 is 17.6 Å². The molecule has 0 aromatic heterocycles. The van der Waals surface area contributed by atoms with Crippen LogP contribution >= 0.6 is 0 Å². The van der Waals surface area contributed by atoms with Crippen LogP contribution in [-0.2, 0) is 6.18 Å². The zero-order valence-electron chi connectivity index (χ0n) is 8.07. The zero-order chi connectivity index (χ0) is 11.5. The lowest BCUT2D eigenvalue weighted by Crippen LogP contribution is -2.06. The van der Waals surface area contributed by atoms with Crippen molar-refractivity contribution < 1.29 is 22.3 Å². The molecule has 5 heteroatoms. The number of benzene rings is 1. The van der Waals surface area contributed by atoms with Crippen LogP contribution in [0.2, 0.25) is 0 Å². The fraction of sp³-hybridized carbons (Fsp3) is 0.400. The summed E-state index contributed by atoms with van der Waals surface area (Å²) in [4.78, 5) is 0. The SMILES string of the molecule is CCCOc1cc(C(F)(F)F)ccc1F. The van der Waals surface area contributed by atoms with E-state index in [1.54, 1.807) is 6.92 Å². The summed E-state index contributed by atoms with van der Waals surface area (Å²) >= 11 is 0. The molecule has 1 nitrogen and oxygen atoms in total. The monoisotopic (exact) mass is 222 g/mol. The van der Waals surface area contributed by atoms with E-state index in [-0.39, 0.29) is 12.4 Å². The van der Waals surface area contributed by atoms with Crippen LogP contribution in [0, 0.1) is 5.82 Å². The summed E-state index contributed by atoms with van der Waals surface area (Å²) in [5.74, 6) is -1.14. The van der Waals surface area contributed by atoms with Crippen LogP contribution in [0.15, 0.2) is 18.2 Å². The van der Waals surface area contributed by atoms with Gasteiger partial charge in [-0.25, -0.2) is 4.39 Å². The molecule has 1 rings (SSSR count). The fourth-order valence-electron chi connectivity index (χ4n) is 1.00. The highest BCUT2D eigenvalue weighted by Crippen LogP contribution is 2.32. The van der Waals surface area contributed by atoms with E-state index in [4.69, 9.17) is 4.74 Å². The summed E-state index contributed by atoms with van der Waals surface area (Å²) in [7, 11) is 0. The highest BCUT2D eigenvalue weighted by atomic mass is 19.4. The molecular weight excluding hydrogens is 212 g/mol.